The third-order valence-electron chi connectivity index (χ3n) is 9.08. The molecule has 0 N–H and O–H groups in total. The van der Waals surface area contributed by atoms with Gasteiger partial charge in [-0.1, -0.05) is 38.1 Å². The van der Waals surface area contributed by atoms with Gasteiger partial charge in [-0.15, -0.1) is 16.8 Å². The van der Waals surface area contributed by atoms with E-state index in [0.29, 0.717) is 17.0 Å². The van der Waals surface area contributed by atoms with Crippen LogP contribution in [0.4, 0.5) is 0 Å². The number of allylic oxidation sites excluding steroid dienone is 7. The van der Waals surface area contributed by atoms with Crippen LogP contribution in [0.5, 0.6) is 0 Å². The number of esters is 1. The third kappa shape index (κ3) is 4.61. The average molecular weight is 612 g/mol. The fourth-order valence-electron chi connectivity index (χ4n) is 6.64. The summed E-state index contributed by atoms with van der Waals surface area (Å²) < 4.78 is 4.95. The maximum Gasteiger partial charge on any atom is 2.00 e. The van der Waals surface area contributed by atoms with Crippen LogP contribution in [0.15, 0.2) is 79.2 Å². The van der Waals surface area contributed by atoms with E-state index in [1.807, 2.05) is 31.2 Å². The van der Waals surface area contributed by atoms with Crippen molar-refractivity contribution in [1.29, 1.82) is 0 Å². The second kappa shape index (κ2) is 11.2. The first-order chi connectivity index (χ1) is 19.7. The van der Waals surface area contributed by atoms with E-state index < -0.39 is 0 Å². The number of hydrogen-bond acceptors (Lipinski definition) is 6. The number of fused-ring (bicyclic) bond motifs is 5. The van der Waals surface area contributed by atoms with Gasteiger partial charge in [-0.05, 0) is 79.7 Å². The van der Waals surface area contributed by atoms with Gasteiger partial charge in [0.05, 0.1) is 29.9 Å². The van der Waals surface area contributed by atoms with Crippen molar-refractivity contribution in [2.24, 2.45) is 26.8 Å². The molecule has 210 valence electrons. The minimum absolute atomic E-state index is 0. The molecule has 2 atom stereocenters. The van der Waals surface area contributed by atoms with Crippen LogP contribution in [0.1, 0.15) is 64.6 Å². The zero-order chi connectivity index (χ0) is 29.2. The van der Waals surface area contributed by atoms with Crippen molar-refractivity contribution in [2.75, 3.05) is 7.11 Å². The molecule has 0 saturated heterocycles. The molecule has 7 nitrogen and oxygen atoms in total. The maximum absolute atomic E-state index is 13.4. The van der Waals surface area contributed by atoms with Gasteiger partial charge in [0.1, 0.15) is 0 Å². The second-order valence-electron chi connectivity index (χ2n) is 11.3. The number of aliphatic imine (C=N–C) groups is 3. The molecule has 0 amide bonds. The number of nitrogens with zero attached hydrogens (tertiary/aromatic N) is 4. The van der Waals surface area contributed by atoms with Crippen molar-refractivity contribution >= 4 is 40.5 Å². The van der Waals surface area contributed by atoms with Crippen molar-refractivity contribution in [3.63, 3.8) is 0 Å². The van der Waals surface area contributed by atoms with Crippen LogP contribution >= 0.6 is 0 Å². The summed E-state index contributed by atoms with van der Waals surface area (Å²) in [4.78, 5) is 32.4. The molecule has 0 spiro atoms. The van der Waals surface area contributed by atoms with Crippen LogP contribution in [-0.2, 0) is 29.0 Å². The van der Waals surface area contributed by atoms with Gasteiger partial charge in [-0.25, -0.2) is 9.98 Å². The predicted octanol–water partition coefficient (Wildman–Crippen LogP) is 3.89. The van der Waals surface area contributed by atoms with E-state index in [0.717, 1.165) is 79.8 Å². The molecule has 0 radical (unpaired) electrons. The molecule has 42 heavy (non-hydrogen) atoms. The molecule has 1 aromatic rings. The summed E-state index contributed by atoms with van der Waals surface area (Å²) in [7, 11) is 1.41. The number of aromatic nitrogens is 1. The standard InChI is InChI=1S/C34H35N4O3.Zn/c1-8-20-16(3)24-13-26-18(5)22(10-11-31(40)41-7)33(37-26)23-12-30(39)32-19(6)27(38-34(23)32)15-29-21(9-2)17(4)25(36-29)14-28(20)35-24;/h8,13-15,18,22H,1,9-12H2,2-7H3,(H-,35,36,37,38,39);/q-1;+2/p-1/t18-,22-;/m0./s1. The fraction of sp³-hybridized carbons (Fsp3) is 0.353. The van der Waals surface area contributed by atoms with Gasteiger partial charge in [0.2, 0.25) is 0 Å². The molecule has 4 aliphatic heterocycles. The maximum atomic E-state index is 13.4. The predicted molar refractivity (Wildman–Crippen MR) is 161 cm³/mol. The zero-order valence-corrected chi connectivity index (χ0v) is 28.2. The first-order valence-electron chi connectivity index (χ1n) is 14.3. The number of methoxy groups -OCH3 is 1. The summed E-state index contributed by atoms with van der Waals surface area (Å²) in [5, 5.41) is 14.8. The van der Waals surface area contributed by atoms with E-state index in [-0.39, 0.29) is 55.9 Å². The number of rotatable bonds is 5. The van der Waals surface area contributed by atoms with Crippen molar-refractivity contribution < 1.29 is 34.1 Å². The SMILES string of the molecule is C=CC1=C(C)C2=NC1=CC1=NC(=Cc3[n-]c4c(c3C)=C([O-])CC=4C3=NC(=C2)[C@@H](C)[C@@H]3CCC(=O)OC)C(CC)=C1C.[Zn+2]. The Morgan fingerprint density at radius 1 is 1.12 bits per heavy atom. The normalized spacial score (nSPS) is 22.4. The fourth-order valence-corrected chi connectivity index (χ4v) is 6.64. The van der Waals surface area contributed by atoms with E-state index in [4.69, 9.17) is 24.7 Å². The van der Waals surface area contributed by atoms with Gasteiger partial charge in [0, 0.05) is 35.2 Å². The van der Waals surface area contributed by atoms with Crippen LogP contribution in [-0.4, -0.2) is 30.2 Å². The molecule has 0 aromatic carbocycles. The molecule has 0 fully saturated rings. The third-order valence-corrected chi connectivity index (χ3v) is 9.08. The molecule has 6 rings (SSSR count). The smallest absolute Gasteiger partial charge is 0.875 e. The van der Waals surface area contributed by atoms with E-state index in [1.54, 1.807) is 0 Å². The molecule has 1 aromatic heterocycles. The van der Waals surface area contributed by atoms with E-state index in [1.165, 1.54) is 7.11 Å². The van der Waals surface area contributed by atoms with Crippen LogP contribution in [0, 0.1) is 18.8 Å². The molecule has 1 aliphatic carbocycles. The van der Waals surface area contributed by atoms with E-state index >= 15 is 0 Å². The Bertz CT molecular complexity index is 1820. The van der Waals surface area contributed by atoms with Gasteiger partial charge in [-0.2, -0.15) is 0 Å². The summed E-state index contributed by atoms with van der Waals surface area (Å²) in [6.45, 7) is 14.4. The Hall–Kier alpha value is -3.64. The van der Waals surface area contributed by atoms with Crippen LogP contribution in [0.25, 0.3) is 17.4 Å². The quantitative estimate of drug-likeness (QED) is 0.372. The summed E-state index contributed by atoms with van der Waals surface area (Å²) in [5.74, 6) is -0.233. The number of hydrogen-bond donors (Lipinski definition) is 0. The van der Waals surface area contributed by atoms with Gasteiger partial charge in [-0.3, -0.25) is 9.79 Å². The van der Waals surface area contributed by atoms with Gasteiger partial charge < -0.3 is 14.8 Å². The Morgan fingerprint density at radius 3 is 2.52 bits per heavy atom. The molecule has 5 aliphatic rings. The van der Waals surface area contributed by atoms with Crippen molar-refractivity contribution in [3.05, 3.63) is 86.0 Å². The van der Waals surface area contributed by atoms with Crippen molar-refractivity contribution in [2.45, 2.75) is 60.3 Å². The monoisotopic (exact) mass is 610 g/mol. The van der Waals surface area contributed by atoms with E-state index in [9.17, 15) is 9.90 Å². The summed E-state index contributed by atoms with van der Waals surface area (Å²) >= 11 is 0. The molecular formula is C34H34N4O3Zn. The number of ether oxygens (including phenoxy) is 1. The minimum atomic E-state index is -0.257. The molecule has 8 heteroatoms. The Balaban J connectivity index is 0.00000353. The van der Waals surface area contributed by atoms with Gasteiger partial charge >= 0.3 is 25.4 Å². The van der Waals surface area contributed by atoms with Gasteiger partial charge in [0.15, 0.2) is 0 Å². The summed E-state index contributed by atoms with van der Waals surface area (Å²) in [6, 6.07) is 0. The molecule has 0 saturated carbocycles. The van der Waals surface area contributed by atoms with Crippen LogP contribution in [0.2, 0.25) is 0 Å². The average Bonchev–Trinajstić information content (AvgIpc) is 3.70. The van der Waals surface area contributed by atoms with Crippen molar-refractivity contribution in [1.82, 2.24) is 4.98 Å². The van der Waals surface area contributed by atoms with Crippen LogP contribution in [0.3, 0.4) is 0 Å². The molecular weight excluding hydrogens is 578 g/mol. The van der Waals surface area contributed by atoms with E-state index in [2.05, 4.69) is 34.3 Å². The Morgan fingerprint density at radius 2 is 1.83 bits per heavy atom. The minimum Gasteiger partial charge on any atom is -0.875 e. The van der Waals surface area contributed by atoms with Crippen molar-refractivity contribution in [3.8, 4) is 0 Å². The largest absolute Gasteiger partial charge is 2.00 e. The summed E-state index contributed by atoms with van der Waals surface area (Å²) in [5.41, 5.74) is 11.9. The molecule has 8 bridgehead atoms. The molecule has 0 unspecified atom stereocenters. The Kier molecular flexibility index (Phi) is 7.97. The Labute approximate surface area is 259 Å². The first-order valence-corrected chi connectivity index (χ1v) is 14.3. The topological polar surface area (TPSA) is 101 Å². The molecule has 5 heterocycles. The summed E-state index contributed by atoms with van der Waals surface area (Å²) in [6.07, 6.45) is 9.87. The zero-order valence-electron chi connectivity index (χ0n) is 25.2. The van der Waals surface area contributed by atoms with Gasteiger partial charge in [0.25, 0.3) is 0 Å². The number of carbonyl (C=O) groups is 1. The van der Waals surface area contributed by atoms with Crippen LogP contribution < -0.4 is 20.7 Å². The number of carbonyl (C=O) groups excluding carboxylic acids is 1. The first kappa shape index (κ1) is 29.8. The second-order valence-corrected chi connectivity index (χ2v) is 11.3.